The molecule has 5 nitrogen and oxygen atoms in total. The second-order valence-corrected chi connectivity index (χ2v) is 5.48. The van der Waals surface area contributed by atoms with Crippen molar-refractivity contribution in [2.75, 3.05) is 31.5 Å². The molecule has 2 heterocycles. The fourth-order valence-electron chi connectivity index (χ4n) is 1.96. The lowest BCUT2D eigenvalue weighted by Gasteiger charge is -2.37. The van der Waals surface area contributed by atoms with E-state index < -0.39 is 0 Å². The molecule has 2 N–H and O–H groups in total. The summed E-state index contributed by atoms with van der Waals surface area (Å²) < 4.78 is 0. The zero-order chi connectivity index (χ0) is 13.0. The topological polar surface area (TPSA) is 57.3 Å². The molecule has 1 aliphatic rings. The van der Waals surface area contributed by atoms with Crippen LogP contribution in [-0.4, -0.2) is 48.0 Å². The highest BCUT2D eigenvalue weighted by Crippen LogP contribution is 2.14. The summed E-state index contributed by atoms with van der Waals surface area (Å²) in [5, 5.41) is 8.74. The van der Waals surface area contributed by atoms with Gasteiger partial charge in [0.15, 0.2) is 5.13 Å². The van der Waals surface area contributed by atoms with Crippen LogP contribution in [0.25, 0.3) is 0 Å². The number of hydrogen-bond acceptors (Lipinski definition) is 5. The Bertz CT molecular complexity index is 403. The first-order valence-electron chi connectivity index (χ1n) is 6.35. The molecule has 0 aromatic carbocycles. The van der Waals surface area contributed by atoms with Crippen LogP contribution in [0.15, 0.2) is 5.38 Å². The number of nitrogens with one attached hydrogen (secondary N) is 2. The van der Waals surface area contributed by atoms with Gasteiger partial charge in [-0.15, -0.1) is 11.3 Å². The number of amides is 1. The summed E-state index contributed by atoms with van der Waals surface area (Å²) in [4.78, 5) is 18.4. The Balaban J connectivity index is 1.84. The zero-order valence-electron chi connectivity index (χ0n) is 10.9. The summed E-state index contributed by atoms with van der Waals surface area (Å²) in [5.41, 5.74) is 0.948. The molecular formula is C12H20N4OS. The van der Waals surface area contributed by atoms with E-state index in [0.717, 1.165) is 31.7 Å². The van der Waals surface area contributed by atoms with Gasteiger partial charge in [0.1, 0.15) is 0 Å². The Morgan fingerprint density at radius 1 is 1.67 bits per heavy atom. The number of hydrogen-bond donors (Lipinski definition) is 2. The monoisotopic (exact) mass is 268 g/mol. The van der Waals surface area contributed by atoms with Crippen LogP contribution in [0.4, 0.5) is 5.13 Å². The van der Waals surface area contributed by atoms with E-state index in [4.69, 9.17) is 0 Å². The second kappa shape index (κ2) is 6.26. The third kappa shape index (κ3) is 3.51. The van der Waals surface area contributed by atoms with Crippen LogP contribution >= 0.6 is 11.3 Å². The predicted octanol–water partition coefficient (Wildman–Crippen LogP) is 1.07. The van der Waals surface area contributed by atoms with Gasteiger partial charge in [-0.25, -0.2) is 4.98 Å². The molecule has 0 saturated carbocycles. The highest BCUT2D eigenvalue weighted by atomic mass is 32.1. The van der Waals surface area contributed by atoms with E-state index >= 15 is 0 Å². The molecule has 1 aliphatic heterocycles. The van der Waals surface area contributed by atoms with Crippen molar-refractivity contribution in [3.63, 3.8) is 0 Å². The maximum absolute atomic E-state index is 11.9. The van der Waals surface area contributed by atoms with Gasteiger partial charge < -0.3 is 10.6 Å². The van der Waals surface area contributed by atoms with E-state index in [9.17, 15) is 4.79 Å². The van der Waals surface area contributed by atoms with E-state index in [1.54, 1.807) is 0 Å². The van der Waals surface area contributed by atoms with E-state index in [0.29, 0.717) is 17.7 Å². The summed E-state index contributed by atoms with van der Waals surface area (Å²) in [6.45, 7) is 7.47. The first-order valence-corrected chi connectivity index (χ1v) is 7.23. The molecule has 1 aromatic rings. The predicted molar refractivity (Wildman–Crippen MR) is 74.0 cm³/mol. The summed E-state index contributed by atoms with van der Waals surface area (Å²) in [5.74, 6) is 0.0321. The lowest BCUT2D eigenvalue weighted by Crippen LogP contribution is -2.58. The fourth-order valence-corrected chi connectivity index (χ4v) is 2.67. The van der Waals surface area contributed by atoms with Crippen molar-refractivity contribution in [2.45, 2.75) is 26.3 Å². The van der Waals surface area contributed by atoms with Gasteiger partial charge >= 0.3 is 0 Å². The maximum atomic E-state index is 11.9. The maximum Gasteiger partial charge on any atom is 0.240 e. The van der Waals surface area contributed by atoms with Crippen LogP contribution in [0, 0.1) is 6.92 Å². The Morgan fingerprint density at radius 3 is 2.94 bits per heavy atom. The van der Waals surface area contributed by atoms with Crippen LogP contribution in [0.1, 0.15) is 19.0 Å². The minimum Gasteiger partial charge on any atom is -0.314 e. The third-order valence-electron chi connectivity index (χ3n) is 3.00. The van der Waals surface area contributed by atoms with Crippen molar-refractivity contribution in [3.05, 3.63) is 11.1 Å². The summed E-state index contributed by atoms with van der Waals surface area (Å²) in [6.07, 6.45) is 1.07. The average Bonchev–Trinajstić information content (AvgIpc) is 2.61. The Labute approximate surface area is 112 Å². The van der Waals surface area contributed by atoms with Crippen LogP contribution in [0.3, 0.4) is 0 Å². The van der Waals surface area contributed by atoms with Crippen molar-refractivity contribution in [1.29, 1.82) is 0 Å². The van der Waals surface area contributed by atoms with E-state index in [2.05, 4.69) is 27.4 Å². The summed E-state index contributed by atoms with van der Waals surface area (Å²) in [6, 6.07) is 0.508. The molecule has 0 unspecified atom stereocenters. The number of thiazole rings is 1. The number of aryl methyl sites for hydroxylation is 1. The molecule has 100 valence electrons. The molecule has 1 saturated heterocycles. The fraction of sp³-hybridized carbons (Fsp3) is 0.667. The molecule has 0 aliphatic carbocycles. The van der Waals surface area contributed by atoms with E-state index in [-0.39, 0.29) is 5.91 Å². The van der Waals surface area contributed by atoms with Gasteiger partial charge in [0, 0.05) is 24.5 Å². The van der Waals surface area contributed by atoms with Gasteiger partial charge in [0.05, 0.1) is 12.2 Å². The number of carbonyl (C=O) groups is 1. The minimum absolute atomic E-state index is 0.0321. The third-order valence-corrected chi connectivity index (χ3v) is 3.87. The van der Waals surface area contributed by atoms with Crippen molar-refractivity contribution < 1.29 is 4.79 Å². The molecular weight excluding hydrogens is 248 g/mol. The van der Waals surface area contributed by atoms with Crippen molar-refractivity contribution in [1.82, 2.24) is 15.2 Å². The number of carbonyl (C=O) groups excluding carboxylic acids is 1. The molecule has 18 heavy (non-hydrogen) atoms. The lowest BCUT2D eigenvalue weighted by molar-refractivity contribution is -0.118. The SMILES string of the molecule is CCCN(CC(=O)Nc1nc(C)cs1)C1CNC1. The molecule has 0 radical (unpaired) electrons. The average molecular weight is 268 g/mol. The van der Waals surface area contributed by atoms with Crippen LogP contribution in [-0.2, 0) is 4.79 Å². The number of nitrogens with zero attached hydrogens (tertiary/aromatic N) is 2. The minimum atomic E-state index is 0.0321. The smallest absolute Gasteiger partial charge is 0.240 e. The summed E-state index contributed by atoms with van der Waals surface area (Å²) >= 11 is 1.47. The highest BCUT2D eigenvalue weighted by molar-refractivity contribution is 7.13. The lowest BCUT2D eigenvalue weighted by atomic mass is 10.1. The van der Waals surface area contributed by atoms with Gasteiger partial charge in [0.25, 0.3) is 0 Å². The molecule has 1 fully saturated rings. The van der Waals surface area contributed by atoms with Crippen molar-refractivity contribution in [3.8, 4) is 0 Å². The molecule has 0 spiro atoms. The van der Waals surface area contributed by atoms with Gasteiger partial charge in [-0.3, -0.25) is 9.69 Å². The highest BCUT2D eigenvalue weighted by Gasteiger charge is 2.25. The largest absolute Gasteiger partial charge is 0.314 e. The Kier molecular flexibility index (Phi) is 4.68. The van der Waals surface area contributed by atoms with Gasteiger partial charge in [-0.2, -0.15) is 0 Å². The molecule has 0 atom stereocenters. The normalized spacial score (nSPS) is 15.7. The molecule has 6 heteroatoms. The molecule has 2 rings (SSSR count). The molecule has 0 bridgehead atoms. The van der Waals surface area contributed by atoms with Gasteiger partial charge in [-0.1, -0.05) is 6.92 Å². The van der Waals surface area contributed by atoms with Crippen molar-refractivity contribution in [2.24, 2.45) is 0 Å². The first kappa shape index (κ1) is 13.5. The second-order valence-electron chi connectivity index (χ2n) is 4.62. The van der Waals surface area contributed by atoms with Gasteiger partial charge in [0.2, 0.25) is 5.91 Å². The Morgan fingerprint density at radius 2 is 2.44 bits per heavy atom. The van der Waals surface area contributed by atoms with E-state index in [1.165, 1.54) is 11.3 Å². The zero-order valence-corrected chi connectivity index (χ0v) is 11.7. The molecule has 1 amide bonds. The van der Waals surface area contributed by atoms with Crippen LogP contribution < -0.4 is 10.6 Å². The standard InChI is InChI=1S/C12H20N4OS/c1-3-4-16(10-5-13-6-10)7-11(17)15-12-14-9(2)8-18-12/h8,10,13H,3-7H2,1-2H3,(H,14,15,17). The number of anilines is 1. The van der Waals surface area contributed by atoms with E-state index in [1.807, 2.05) is 12.3 Å². The number of aromatic nitrogens is 1. The van der Waals surface area contributed by atoms with Crippen LogP contribution in [0.2, 0.25) is 0 Å². The van der Waals surface area contributed by atoms with Crippen LogP contribution in [0.5, 0.6) is 0 Å². The summed E-state index contributed by atoms with van der Waals surface area (Å²) in [7, 11) is 0. The number of rotatable bonds is 6. The quantitative estimate of drug-likeness (QED) is 0.810. The van der Waals surface area contributed by atoms with Gasteiger partial charge in [-0.05, 0) is 19.9 Å². The Hall–Kier alpha value is -0.980. The van der Waals surface area contributed by atoms with Crippen molar-refractivity contribution >= 4 is 22.4 Å². The first-order chi connectivity index (χ1) is 8.69. The molecule has 1 aromatic heterocycles.